The van der Waals surface area contributed by atoms with Crippen LogP contribution in [0.2, 0.25) is 0 Å². The Morgan fingerprint density at radius 1 is 1.47 bits per heavy atom. The fraction of sp³-hybridized carbons (Fsp3) is 0.923. The molecule has 2 unspecified atom stereocenters. The Kier molecular flexibility index (Phi) is 4.95. The van der Waals surface area contributed by atoms with E-state index < -0.39 is 0 Å². The lowest BCUT2D eigenvalue weighted by atomic mass is 10.1. The van der Waals surface area contributed by atoms with Crippen molar-refractivity contribution >= 4 is 5.91 Å². The number of amides is 1. The number of nitrogens with zero attached hydrogens (tertiary/aromatic N) is 1. The van der Waals surface area contributed by atoms with Crippen molar-refractivity contribution in [2.75, 3.05) is 20.1 Å². The summed E-state index contributed by atoms with van der Waals surface area (Å²) >= 11 is 0. The third kappa shape index (κ3) is 5.04. The van der Waals surface area contributed by atoms with Crippen LogP contribution in [0.5, 0.6) is 0 Å². The number of hydrogen-bond acceptors (Lipinski definition) is 3. The Morgan fingerprint density at radius 3 is 2.59 bits per heavy atom. The number of likely N-dealkylation sites (tertiary alicyclic amines) is 1. The molecule has 1 aliphatic heterocycles. The first-order valence-corrected chi connectivity index (χ1v) is 6.55. The molecule has 2 N–H and O–H groups in total. The Bertz CT molecular complexity index is 260. The van der Waals surface area contributed by atoms with E-state index in [1.165, 1.54) is 19.4 Å². The zero-order valence-electron chi connectivity index (χ0n) is 11.8. The van der Waals surface area contributed by atoms with E-state index in [1.807, 2.05) is 27.7 Å². The van der Waals surface area contributed by atoms with Crippen molar-refractivity contribution in [2.24, 2.45) is 0 Å². The minimum Gasteiger partial charge on any atom is -0.350 e. The average molecular weight is 241 g/mol. The van der Waals surface area contributed by atoms with Crippen LogP contribution in [0.1, 0.15) is 40.5 Å². The summed E-state index contributed by atoms with van der Waals surface area (Å²) in [5.74, 6) is 0.0816. The molecule has 0 radical (unpaired) electrons. The lowest BCUT2D eigenvalue weighted by Crippen LogP contribution is -2.51. The van der Waals surface area contributed by atoms with Crippen LogP contribution < -0.4 is 10.6 Å². The van der Waals surface area contributed by atoms with E-state index >= 15 is 0 Å². The molecule has 100 valence electrons. The van der Waals surface area contributed by atoms with Crippen molar-refractivity contribution in [1.82, 2.24) is 15.5 Å². The molecule has 0 aromatic heterocycles. The largest absolute Gasteiger partial charge is 0.350 e. The topological polar surface area (TPSA) is 44.4 Å². The zero-order chi connectivity index (χ0) is 13.1. The molecule has 0 saturated carbocycles. The summed E-state index contributed by atoms with van der Waals surface area (Å²) in [4.78, 5) is 14.2. The molecule has 1 heterocycles. The van der Waals surface area contributed by atoms with E-state index in [-0.39, 0.29) is 17.5 Å². The van der Waals surface area contributed by atoms with E-state index in [2.05, 4.69) is 22.6 Å². The molecule has 1 amide bonds. The Morgan fingerprint density at radius 2 is 2.12 bits per heavy atom. The van der Waals surface area contributed by atoms with Gasteiger partial charge in [0.15, 0.2) is 0 Å². The SMILES string of the molecule is CC(NCC1CCCN1C)C(=O)NC(C)(C)C. The second kappa shape index (κ2) is 5.83. The predicted molar refractivity (Wildman–Crippen MR) is 71.0 cm³/mol. The number of carbonyl (C=O) groups is 1. The fourth-order valence-electron chi connectivity index (χ4n) is 2.12. The molecule has 1 saturated heterocycles. The average Bonchev–Trinajstić information content (AvgIpc) is 2.57. The van der Waals surface area contributed by atoms with Crippen LogP contribution in [0.15, 0.2) is 0 Å². The van der Waals surface area contributed by atoms with Crippen LogP contribution in [-0.2, 0) is 4.79 Å². The quantitative estimate of drug-likeness (QED) is 0.771. The number of hydrogen-bond donors (Lipinski definition) is 2. The van der Waals surface area contributed by atoms with Gasteiger partial charge in [0.1, 0.15) is 0 Å². The van der Waals surface area contributed by atoms with Crippen molar-refractivity contribution in [3.8, 4) is 0 Å². The third-order valence-corrected chi connectivity index (χ3v) is 3.22. The lowest BCUT2D eigenvalue weighted by molar-refractivity contribution is -0.124. The standard InChI is InChI=1S/C13H27N3O/c1-10(12(17)15-13(2,3)4)14-9-11-7-6-8-16(11)5/h10-11,14H,6-9H2,1-5H3,(H,15,17). The minimum absolute atomic E-state index is 0.0816. The Balaban J connectivity index is 2.29. The summed E-state index contributed by atoms with van der Waals surface area (Å²) in [5.41, 5.74) is -0.156. The van der Waals surface area contributed by atoms with E-state index in [9.17, 15) is 4.79 Å². The van der Waals surface area contributed by atoms with Gasteiger partial charge >= 0.3 is 0 Å². The zero-order valence-corrected chi connectivity index (χ0v) is 11.8. The van der Waals surface area contributed by atoms with Crippen molar-refractivity contribution < 1.29 is 4.79 Å². The first-order chi connectivity index (χ1) is 7.79. The highest BCUT2D eigenvalue weighted by molar-refractivity contribution is 5.81. The van der Waals surface area contributed by atoms with Crippen LogP contribution >= 0.6 is 0 Å². The maximum Gasteiger partial charge on any atom is 0.237 e. The third-order valence-electron chi connectivity index (χ3n) is 3.22. The van der Waals surface area contributed by atoms with Crippen molar-refractivity contribution in [3.05, 3.63) is 0 Å². The second-order valence-corrected chi connectivity index (χ2v) is 6.15. The molecule has 4 heteroatoms. The minimum atomic E-state index is -0.156. The van der Waals surface area contributed by atoms with Crippen LogP contribution in [0.4, 0.5) is 0 Å². The van der Waals surface area contributed by atoms with Gasteiger partial charge in [-0.15, -0.1) is 0 Å². The normalized spacial score (nSPS) is 23.7. The highest BCUT2D eigenvalue weighted by Gasteiger charge is 2.23. The van der Waals surface area contributed by atoms with Crippen molar-refractivity contribution in [1.29, 1.82) is 0 Å². The molecule has 1 rings (SSSR count). The number of likely N-dealkylation sites (N-methyl/N-ethyl adjacent to an activating group) is 1. The molecular formula is C13H27N3O. The van der Waals surface area contributed by atoms with Crippen LogP contribution in [0.25, 0.3) is 0 Å². The van der Waals surface area contributed by atoms with Gasteiger partial charge in [-0.1, -0.05) is 0 Å². The summed E-state index contributed by atoms with van der Waals surface area (Å²) in [7, 11) is 2.15. The van der Waals surface area contributed by atoms with Crippen LogP contribution in [0.3, 0.4) is 0 Å². The first kappa shape index (κ1) is 14.5. The Hall–Kier alpha value is -0.610. The number of rotatable bonds is 4. The summed E-state index contributed by atoms with van der Waals surface area (Å²) in [6.07, 6.45) is 2.50. The molecule has 0 spiro atoms. The van der Waals surface area contributed by atoms with Crippen molar-refractivity contribution in [3.63, 3.8) is 0 Å². The molecule has 17 heavy (non-hydrogen) atoms. The molecule has 1 aliphatic rings. The molecular weight excluding hydrogens is 214 g/mol. The maximum atomic E-state index is 11.9. The second-order valence-electron chi connectivity index (χ2n) is 6.15. The van der Waals surface area contributed by atoms with Crippen LogP contribution in [-0.4, -0.2) is 48.6 Å². The van der Waals surface area contributed by atoms with Crippen molar-refractivity contribution in [2.45, 2.75) is 58.2 Å². The molecule has 0 bridgehead atoms. The predicted octanol–water partition coefficient (Wildman–Crippen LogP) is 0.973. The summed E-state index contributed by atoms with van der Waals surface area (Å²) < 4.78 is 0. The van der Waals surface area contributed by atoms with Gasteiger partial charge in [0.25, 0.3) is 0 Å². The van der Waals surface area contributed by atoms with E-state index in [1.54, 1.807) is 0 Å². The summed E-state index contributed by atoms with van der Waals surface area (Å²) in [6, 6.07) is 0.461. The van der Waals surface area contributed by atoms with Gasteiger partial charge in [-0.05, 0) is 54.1 Å². The lowest BCUT2D eigenvalue weighted by Gasteiger charge is -2.26. The smallest absolute Gasteiger partial charge is 0.237 e. The van der Waals surface area contributed by atoms with E-state index in [4.69, 9.17) is 0 Å². The van der Waals surface area contributed by atoms with Gasteiger partial charge in [-0.25, -0.2) is 0 Å². The van der Waals surface area contributed by atoms with Gasteiger partial charge < -0.3 is 15.5 Å². The van der Waals surface area contributed by atoms with Crippen LogP contribution in [0, 0.1) is 0 Å². The van der Waals surface area contributed by atoms with E-state index in [0.29, 0.717) is 6.04 Å². The Labute approximate surface area is 105 Å². The maximum absolute atomic E-state index is 11.9. The molecule has 4 nitrogen and oxygen atoms in total. The highest BCUT2D eigenvalue weighted by atomic mass is 16.2. The molecule has 2 atom stereocenters. The highest BCUT2D eigenvalue weighted by Crippen LogP contribution is 2.13. The number of carbonyl (C=O) groups excluding carboxylic acids is 1. The fourth-order valence-corrected chi connectivity index (χ4v) is 2.12. The van der Waals surface area contributed by atoms with Gasteiger partial charge in [-0.2, -0.15) is 0 Å². The molecule has 0 aromatic carbocycles. The first-order valence-electron chi connectivity index (χ1n) is 6.55. The van der Waals surface area contributed by atoms with Gasteiger partial charge in [0, 0.05) is 18.1 Å². The summed E-state index contributed by atoms with van der Waals surface area (Å²) in [5, 5.41) is 6.31. The van der Waals surface area contributed by atoms with E-state index in [0.717, 1.165) is 6.54 Å². The number of nitrogens with one attached hydrogen (secondary N) is 2. The van der Waals surface area contributed by atoms with Gasteiger partial charge in [0.05, 0.1) is 6.04 Å². The molecule has 0 aliphatic carbocycles. The van der Waals surface area contributed by atoms with Gasteiger partial charge in [0.2, 0.25) is 5.91 Å². The molecule has 1 fully saturated rings. The van der Waals surface area contributed by atoms with Gasteiger partial charge in [-0.3, -0.25) is 4.79 Å². The summed E-state index contributed by atoms with van der Waals surface area (Å²) in [6.45, 7) is 10.0. The molecule has 0 aromatic rings. The monoisotopic (exact) mass is 241 g/mol.